The number of alkyl halides is 3. The zero-order valence-corrected chi connectivity index (χ0v) is 14.9. The number of anilines is 1. The third-order valence-electron chi connectivity index (χ3n) is 5.97. The molecule has 1 saturated carbocycles. The Hall–Kier alpha value is -2.35. The van der Waals surface area contributed by atoms with Crippen LogP contribution in [0.25, 0.3) is 16.6 Å². The van der Waals surface area contributed by atoms with Gasteiger partial charge in [-0.1, -0.05) is 18.6 Å². The van der Waals surface area contributed by atoms with E-state index in [4.69, 9.17) is 10.7 Å². The average Bonchev–Trinajstić information content (AvgIpc) is 2.97. The number of aromatic nitrogens is 3. The fraction of sp³-hybridized carbons (Fsp3) is 0.474. The number of hydrogen-bond acceptors (Lipinski definition) is 4. The molecule has 1 aliphatic carbocycles. The molecule has 5 rings (SSSR count). The minimum absolute atomic E-state index is 0.275. The lowest BCUT2D eigenvalue weighted by molar-refractivity contribution is -0.140. The number of para-hydroxylation sites is 1. The van der Waals surface area contributed by atoms with Gasteiger partial charge in [-0.3, -0.25) is 4.40 Å². The minimum Gasteiger partial charge on any atom is -0.341 e. The predicted octanol–water partition coefficient (Wildman–Crippen LogP) is 3.91. The normalized spacial score (nSPS) is 20.1. The van der Waals surface area contributed by atoms with Gasteiger partial charge in [0, 0.05) is 36.1 Å². The van der Waals surface area contributed by atoms with Crippen LogP contribution in [0.4, 0.5) is 19.1 Å². The maximum Gasteiger partial charge on any atom is 0.434 e. The van der Waals surface area contributed by atoms with Crippen molar-refractivity contribution in [1.29, 1.82) is 0 Å². The summed E-state index contributed by atoms with van der Waals surface area (Å²) >= 11 is 0. The number of hydrogen-bond donors (Lipinski definition) is 1. The summed E-state index contributed by atoms with van der Waals surface area (Å²) < 4.78 is 41.4. The van der Waals surface area contributed by atoms with Crippen LogP contribution < -0.4 is 10.6 Å². The molecule has 5 nitrogen and oxygen atoms in total. The van der Waals surface area contributed by atoms with E-state index in [9.17, 15) is 13.2 Å². The summed E-state index contributed by atoms with van der Waals surface area (Å²) in [6.45, 7) is 3.51. The third-order valence-corrected chi connectivity index (χ3v) is 5.97. The SMILES string of the molecule is CC(N)c1cccc2c1nc(N1CC3(CCC3)C1)n1cc(C(F)(F)F)nc21. The van der Waals surface area contributed by atoms with Crippen LogP contribution in [0.2, 0.25) is 0 Å². The van der Waals surface area contributed by atoms with Crippen molar-refractivity contribution in [3.05, 3.63) is 35.7 Å². The van der Waals surface area contributed by atoms with Crippen LogP contribution in [0, 0.1) is 5.41 Å². The van der Waals surface area contributed by atoms with E-state index < -0.39 is 11.9 Å². The van der Waals surface area contributed by atoms with E-state index in [1.165, 1.54) is 23.7 Å². The number of nitrogens with two attached hydrogens (primary N) is 1. The van der Waals surface area contributed by atoms with Gasteiger partial charge in [-0.15, -0.1) is 0 Å². The van der Waals surface area contributed by atoms with Crippen LogP contribution >= 0.6 is 0 Å². The first-order chi connectivity index (χ1) is 12.8. The van der Waals surface area contributed by atoms with Crippen molar-refractivity contribution in [3.8, 4) is 0 Å². The molecule has 142 valence electrons. The molecule has 1 atom stereocenters. The smallest absolute Gasteiger partial charge is 0.341 e. The standard InChI is InChI=1S/C19H20F3N5/c1-11(23)12-4-2-5-13-15(12)25-17(26-9-18(10-26)6-3-7-18)27-8-14(19(20,21)22)24-16(13)27/h2,4-5,8,11H,3,6-7,9-10,23H2,1H3. The van der Waals surface area contributed by atoms with Crippen LogP contribution in [-0.4, -0.2) is 27.5 Å². The molecule has 0 radical (unpaired) electrons. The lowest BCUT2D eigenvalue weighted by Gasteiger charge is -2.56. The molecule has 3 aromatic rings. The molecule has 2 aliphatic rings. The van der Waals surface area contributed by atoms with Crippen LogP contribution in [0.15, 0.2) is 24.4 Å². The summed E-state index contributed by atoms with van der Waals surface area (Å²) in [6, 6.07) is 5.14. The molecule has 0 amide bonds. The van der Waals surface area contributed by atoms with E-state index in [0.717, 1.165) is 24.8 Å². The Morgan fingerprint density at radius 2 is 1.93 bits per heavy atom. The lowest BCUT2D eigenvalue weighted by Crippen LogP contribution is -2.60. The Morgan fingerprint density at radius 1 is 1.19 bits per heavy atom. The predicted molar refractivity (Wildman–Crippen MR) is 96.6 cm³/mol. The van der Waals surface area contributed by atoms with Gasteiger partial charge < -0.3 is 10.6 Å². The van der Waals surface area contributed by atoms with Gasteiger partial charge >= 0.3 is 6.18 Å². The lowest BCUT2D eigenvalue weighted by atomic mass is 9.64. The highest BCUT2D eigenvalue weighted by Gasteiger charge is 2.48. The molecular formula is C19H20F3N5. The summed E-state index contributed by atoms with van der Waals surface area (Å²) in [4.78, 5) is 10.7. The topological polar surface area (TPSA) is 59.5 Å². The van der Waals surface area contributed by atoms with Gasteiger partial charge in [0.25, 0.3) is 0 Å². The van der Waals surface area contributed by atoms with E-state index in [2.05, 4.69) is 9.88 Å². The van der Waals surface area contributed by atoms with Gasteiger partial charge in [0.1, 0.15) is 5.65 Å². The van der Waals surface area contributed by atoms with Gasteiger partial charge in [-0.25, -0.2) is 9.97 Å². The Bertz CT molecular complexity index is 1040. The molecule has 2 N–H and O–H groups in total. The third kappa shape index (κ3) is 2.42. The molecule has 1 aromatic carbocycles. The molecule has 2 fully saturated rings. The molecule has 2 aromatic heterocycles. The molecule has 3 heterocycles. The second-order valence-corrected chi connectivity index (χ2v) is 7.97. The van der Waals surface area contributed by atoms with Crippen molar-refractivity contribution in [1.82, 2.24) is 14.4 Å². The van der Waals surface area contributed by atoms with Crippen molar-refractivity contribution in [2.24, 2.45) is 11.1 Å². The summed E-state index contributed by atoms with van der Waals surface area (Å²) in [5, 5.41) is 0.586. The first kappa shape index (κ1) is 16.8. The molecule has 1 saturated heterocycles. The average molecular weight is 375 g/mol. The zero-order chi connectivity index (χ0) is 19.0. The summed E-state index contributed by atoms with van der Waals surface area (Å²) in [5.41, 5.74) is 7.23. The highest BCUT2D eigenvalue weighted by molar-refractivity contribution is 5.95. The zero-order valence-electron chi connectivity index (χ0n) is 14.9. The van der Waals surface area contributed by atoms with Gasteiger partial charge in [0.05, 0.1) is 5.52 Å². The first-order valence-electron chi connectivity index (χ1n) is 9.17. The van der Waals surface area contributed by atoms with Crippen LogP contribution in [0.5, 0.6) is 0 Å². The number of benzene rings is 1. The molecule has 8 heteroatoms. The summed E-state index contributed by atoms with van der Waals surface area (Å²) in [7, 11) is 0. The number of rotatable bonds is 2. The molecular weight excluding hydrogens is 355 g/mol. The van der Waals surface area contributed by atoms with Crippen LogP contribution in [0.1, 0.15) is 43.5 Å². The maximum atomic E-state index is 13.3. The van der Waals surface area contributed by atoms with Gasteiger partial charge in [-0.05, 0) is 31.4 Å². The van der Waals surface area contributed by atoms with Crippen molar-refractivity contribution >= 4 is 22.5 Å². The number of nitrogens with zero attached hydrogens (tertiary/aromatic N) is 4. The van der Waals surface area contributed by atoms with Crippen LogP contribution in [0.3, 0.4) is 0 Å². The van der Waals surface area contributed by atoms with Gasteiger partial charge in [-0.2, -0.15) is 13.2 Å². The monoisotopic (exact) mass is 375 g/mol. The number of imidazole rings is 1. The highest BCUT2D eigenvalue weighted by Crippen LogP contribution is 2.49. The fourth-order valence-corrected chi connectivity index (χ4v) is 4.37. The van der Waals surface area contributed by atoms with Crippen molar-refractivity contribution < 1.29 is 13.2 Å². The first-order valence-corrected chi connectivity index (χ1v) is 9.17. The minimum atomic E-state index is -4.50. The van der Waals surface area contributed by atoms with E-state index >= 15 is 0 Å². The Balaban J connectivity index is 1.75. The Morgan fingerprint density at radius 3 is 2.52 bits per heavy atom. The number of halogens is 3. The van der Waals surface area contributed by atoms with Gasteiger partial charge in [0.15, 0.2) is 5.69 Å². The summed E-state index contributed by atoms with van der Waals surface area (Å²) in [5.74, 6) is 0.520. The highest BCUT2D eigenvalue weighted by atomic mass is 19.4. The van der Waals surface area contributed by atoms with Crippen molar-refractivity contribution in [2.75, 3.05) is 18.0 Å². The van der Waals surface area contributed by atoms with Crippen LogP contribution in [-0.2, 0) is 6.18 Å². The van der Waals surface area contributed by atoms with E-state index in [0.29, 0.717) is 22.3 Å². The largest absolute Gasteiger partial charge is 0.434 e. The quantitative estimate of drug-likeness (QED) is 0.738. The molecule has 0 bridgehead atoms. The van der Waals surface area contributed by atoms with E-state index in [1.54, 1.807) is 12.1 Å². The molecule has 27 heavy (non-hydrogen) atoms. The molecule has 1 aliphatic heterocycles. The molecule has 1 spiro atoms. The van der Waals surface area contributed by atoms with E-state index in [1.807, 2.05) is 13.0 Å². The van der Waals surface area contributed by atoms with E-state index in [-0.39, 0.29) is 11.7 Å². The second-order valence-electron chi connectivity index (χ2n) is 7.97. The number of fused-ring (bicyclic) bond motifs is 3. The van der Waals surface area contributed by atoms with Crippen molar-refractivity contribution in [2.45, 2.75) is 38.4 Å². The Kier molecular flexibility index (Phi) is 3.32. The fourth-order valence-electron chi connectivity index (χ4n) is 4.37. The second kappa shape index (κ2) is 5.34. The molecule has 1 unspecified atom stereocenters. The van der Waals surface area contributed by atoms with Gasteiger partial charge in [0.2, 0.25) is 5.95 Å². The Labute approximate surface area is 154 Å². The summed E-state index contributed by atoms with van der Waals surface area (Å²) in [6.07, 6.45) is 0.151. The van der Waals surface area contributed by atoms with Crippen molar-refractivity contribution in [3.63, 3.8) is 0 Å². The maximum absolute atomic E-state index is 13.3.